The van der Waals surface area contributed by atoms with Crippen molar-refractivity contribution in [1.82, 2.24) is 0 Å². The van der Waals surface area contributed by atoms with Crippen LogP contribution in [0.25, 0.3) is 0 Å². The third-order valence-electron chi connectivity index (χ3n) is 3.88. The highest BCUT2D eigenvalue weighted by atomic mass is 16.5. The average molecular weight is 297 g/mol. The van der Waals surface area contributed by atoms with E-state index in [0.717, 1.165) is 42.3 Å². The Labute approximate surface area is 132 Å². The Morgan fingerprint density at radius 2 is 1.77 bits per heavy atom. The molecule has 116 valence electrons. The van der Waals surface area contributed by atoms with Crippen LogP contribution >= 0.6 is 0 Å². The third-order valence-corrected chi connectivity index (χ3v) is 3.88. The molecule has 3 rings (SSSR count). The highest BCUT2D eigenvalue weighted by Gasteiger charge is 2.13. The van der Waals surface area contributed by atoms with E-state index < -0.39 is 0 Å². The molecule has 0 bridgehead atoms. The van der Waals surface area contributed by atoms with Gasteiger partial charge in [-0.15, -0.1) is 0 Å². The fourth-order valence-electron chi connectivity index (χ4n) is 2.71. The molecule has 1 aliphatic heterocycles. The van der Waals surface area contributed by atoms with Crippen LogP contribution in [0.3, 0.4) is 0 Å². The van der Waals surface area contributed by atoms with Crippen molar-refractivity contribution in [3.8, 4) is 11.5 Å². The number of benzene rings is 2. The summed E-state index contributed by atoms with van der Waals surface area (Å²) in [6, 6.07) is 14.7. The van der Waals surface area contributed by atoms with E-state index in [-0.39, 0.29) is 6.10 Å². The van der Waals surface area contributed by atoms with E-state index in [0.29, 0.717) is 0 Å². The Hall–Kier alpha value is -2.16. The van der Waals surface area contributed by atoms with Crippen LogP contribution in [0.2, 0.25) is 0 Å². The molecule has 0 saturated heterocycles. The summed E-state index contributed by atoms with van der Waals surface area (Å²) in [5.41, 5.74) is 3.58. The van der Waals surface area contributed by atoms with Crippen LogP contribution in [0.5, 0.6) is 11.5 Å². The molecule has 0 aromatic heterocycles. The molecule has 0 saturated carbocycles. The smallest absolute Gasteiger partial charge is 0.124 e. The van der Waals surface area contributed by atoms with Gasteiger partial charge in [0.05, 0.1) is 12.7 Å². The SMILES string of the molecule is CC(C)Oc1ccc(N(C)c2ccc3c(c2)OCCC3)cc1. The van der Waals surface area contributed by atoms with Gasteiger partial charge in [0.2, 0.25) is 0 Å². The zero-order valence-electron chi connectivity index (χ0n) is 13.5. The zero-order valence-corrected chi connectivity index (χ0v) is 13.5. The number of rotatable bonds is 4. The summed E-state index contributed by atoms with van der Waals surface area (Å²) >= 11 is 0. The standard InChI is InChI=1S/C19H23NO2/c1-14(2)22-18-10-8-16(9-11-18)20(3)17-7-6-15-5-4-12-21-19(15)13-17/h6-11,13-14H,4-5,12H2,1-3H3. The molecular formula is C19H23NO2. The first kappa shape index (κ1) is 14.8. The Bertz CT molecular complexity index is 634. The Morgan fingerprint density at radius 3 is 2.50 bits per heavy atom. The number of hydrogen-bond donors (Lipinski definition) is 0. The van der Waals surface area contributed by atoms with E-state index in [1.165, 1.54) is 5.56 Å². The van der Waals surface area contributed by atoms with Gasteiger partial charge in [-0.2, -0.15) is 0 Å². The number of aryl methyl sites for hydroxylation is 1. The maximum Gasteiger partial charge on any atom is 0.124 e. The van der Waals surface area contributed by atoms with Crippen LogP contribution in [0.4, 0.5) is 11.4 Å². The first-order valence-electron chi connectivity index (χ1n) is 7.89. The predicted molar refractivity (Wildman–Crippen MR) is 90.5 cm³/mol. The minimum atomic E-state index is 0.196. The summed E-state index contributed by atoms with van der Waals surface area (Å²) in [6.45, 7) is 4.89. The minimum Gasteiger partial charge on any atom is -0.493 e. The molecule has 2 aromatic carbocycles. The van der Waals surface area contributed by atoms with Gasteiger partial charge in [-0.3, -0.25) is 0 Å². The van der Waals surface area contributed by atoms with Crippen LogP contribution < -0.4 is 14.4 Å². The summed E-state index contributed by atoms with van der Waals surface area (Å²) in [7, 11) is 2.07. The monoisotopic (exact) mass is 297 g/mol. The van der Waals surface area contributed by atoms with Crippen LogP contribution in [-0.2, 0) is 6.42 Å². The second-order valence-corrected chi connectivity index (χ2v) is 5.96. The van der Waals surface area contributed by atoms with Crippen LogP contribution in [0.1, 0.15) is 25.8 Å². The fourth-order valence-corrected chi connectivity index (χ4v) is 2.71. The number of ether oxygens (including phenoxy) is 2. The highest BCUT2D eigenvalue weighted by molar-refractivity contribution is 5.65. The van der Waals surface area contributed by atoms with E-state index in [4.69, 9.17) is 9.47 Å². The van der Waals surface area contributed by atoms with Crippen molar-refractivity contribution in [3.05, 3.63) is 48.0 Å². The van der Waals surface area contributed by atoms with E-state index in [9.17, 15) is 0 Å². The summed E-state index contributed by atoms with van der Waals surface area (Å²) in [5, 5.41) is 0. The molecule has 2 aromatic rings. The van der Waals surface area contributed by atoms with Gasteiger partial charge in [0.25, 0.3) is 0 Å². The third kappa shape index (κ3) is 3.19. The van der Waals surface area contributed by atoms with E-state index in [1.807, 2.05) is 26.0 Å². The Kier molecular flexibility index (Phi) is 4.23. The Balaban J connectivity index is 1.79. The highest BCUT2D eigenvalue weighted by Crippen LogP contribution is 2.32. The normalized spacial score (nSPS) is 13.5. The summed E-state index contributed by atoms with van der Waals surface area (Å²) in [6.07, 6.45) is 2.42. The molecule has 0 unspecified atom stereocenters. The maximum atomic E-state index is 5.77. The summed E-state index contributed by atoms with van der Waals surface area (Å²) < 4.78 is 11.5. The topological polar surface area (TPSA) is 21.7 Å². The molecule has 0 fully saturated rings. The second kappa shape index (κ2) is 6.30. The first-order chi connectivity index (χ1) is 10.6. The molecule has 0 spiro atoms. The molecule has 0 aliphatic carbocycles. The summed E-state index contributed by atoms with van der Waals surface area (Å²) in [5.74, 6) is 1.93. The molecule has 0 amide bonds. The molecule has 3 nitrogen and oxygen atoms in total. The van der Waals surface area contributed by atoms with Crippen molar-refractivity contribution in [3.63, 3.8) is 0 Å². The van der Waals surface area contributed by atoms with Crippen LogP contribution in [0.15, 0.2) is 42.5 Å². The fraction of sp³-hybridized carbons (Fsp3) is 0.368. The summed E-state index contributed by atoms with van der Waals surface area (Å²) in [4.78, 5) is 2.16. The predicted octanol–water partition coefficient (Wildman–Crippen LogP) is 4.57. The van der Waals surface area contributed by atoms with Gasteiger partial charge in [0.15, 0.2) is 0 Å². The number of anilines is 2. The van der Waals surface area contributed by atoms with Gasteiger partial charge >= 0.3 is 0 Å². The van der Waals surface area contributed by atoms with Crippen LogP contribution in [0, 0.1) is 0 Å². The van der Waals surface area contributed by atoms with Crippen molar-refractivity contribution < 1.29 is 9.47 Å². The van der Waals surface area contributed by atoms with Crippen molar-refractivity contribution >= 4 is 11.4 Å². The molecule has 3 heteroatoms. The molecular weight excluding hydrogens is 274 g/mol. The van der Waals surface area contributed by atoms with Crippen molar-refractivity contribution in [2.24, 2.45) is 0 Å². The van der Waals surface area contributed by atoms with Gasteiger partial charge in [-0.25, -0.2) is 0 Å². The zero-order chi connectivity index (χ0) is 15.5. The lowest BCUT2D eigenvalue weighted by Crippen LogP contribution is -2.12. The Morgan fingerprint density at radius 1 is 1.05 bits per heavy atom. The first-order valence-corrected chi connectivity index (χ1v) is 7.89. The largest absolute Gasteiger partial charge is 0.493 e. The van der Waals surface area contributed by atoms with Crippen molar-refractivity contribution in [2.45, 2.75) is 32.8 Å². The minimum absolute atomic E-state index is 0.196. The van der Waals surface area contributed by atoms with Gasteiger partial charge in [-0.05, 0) is 62.6 Å². The van der Waals surface area contributed by atoms with E-state index in [2.05, 4.69) is 42.3 Å². The molecule has 22 heavy (non-hydrogen) atoms. The number of hydrogen-bond acceptors (Lipinski definition) is 3. The second-order valence-electron chi connectivity index (χ2n) is 5.96. The van der Waals surface area contributed by atoms with Crippen molar-refractivity contribution in [1.29, 1.82) is 0 Å². The van der Waals surface area contributed by atoms with E-state index in [1.54, 1.807) is 0 Å². The van der Waals surface area contributed by atoms with Crippen LogP contribution in [-0.4, -0.2) is 19.8 Å². The molecule has 1 heterocycles. The average Bonchev–Trinajstić information content (AvgIpc) is 2.54. The van der Waals surface area contributed by atoms with Gasteiger partial charge in [0, 0.05) is 24.5 Å². The van der Waals surface area contributed by atoms with Crippen molar-refractivity contribution in [2.75, 3.05) is 18.6 Å². The lowest BCUT2D eigenvalue weighted by atomic mass is 10.1. The lowest BCUT2D eigenvalue weighted by molar-refractivity contribution is 0.242. The number of fused-ring (bicyclic) bond motifs is 1. The maximum absolute atomic E-state index is 5.77. The van der Waals surface area contributed by atoms with Gasteiger partial charge in [-0.1, -0.05) is 6.07 Å². The molecule has 0 atom stereocenters. The lowest BCUT2D eigenvalue weighted by Gasteiger charge is -2.23. The van der Waals surface area contributed by atoms with Gasteiger partial charge in [0.1, 0.15) is 11.5 Å². The number of nitrogens with zero attached hydrogens (tertiary/aromatic N) is 1. The quantitative estimate of drug-likeness (QED) is 0.825. The van der Waals surface area contributed by atoms with Gasteiger partial charge < -0.3 is 14.4 Å². The molecule has 0 N–H and O–H groups in total. The molecule has 0 radical (unpaired) electrons. The molecule has 1 aliphatic rings. The van der Waals surface area contributed by atoms with E-state index >= 15 is 0 Å².